The summed E-state index contributed by atoms with van der Waals surface area (Å²) in [6.07, 6.45) is 0. The summed E-state index contributed by atoms with van der Waals surface area (Å²) in [5.74, 6) is 0.481. The third-order valence-corrected chi connectivity index (χ3v) is 4.59. The molecule has 0 saturated heterocycles. The minimum absolute atomic E-state index is 0.356. The van der Waals surface area contributed by atoms with Crippen LogP contribution in [0.3, 0.4) is 0 Å². The van der Waals surface area contributed by atoms with Crippen molar-refractivity contribution < 1.29 is 4.74 Å². The summed E-state index contributed by atoms with van der Waals surface area (Å²) in [5, 5.41) is 2.51. The maximum Gasteiger partial charge on any atom is 0.266 e. The quantitative estimate of drug-likeness (QED) is 0.556. The summed E-state index contributed by atoms with van der Waals surface area (Å²) < 4.78 is 6.64. The second-order valence-electron chi connectivity index (χ2n) is 6.21. The van der Waals surface area contributed by atoms with E-state index in [9.17, 15) is 9.59 Å². The predicted octanol–water partition coefficient (Wildman–Crippen LogP) is 3.82. The van der Waals surface area contributed by atoms with E-state index in [2.05, 4.69) is 0 Å². The van der Waals surface area contributed by atoms with Crippen LogP contribution in [0.25, 0.3) is 27.2 Å². The SMILES string of the molecule is COc1ccc(C)cc1-n1c(=O)c2ccccc2c2ccccc2c1=O. The minimum Gasteiger partial charge on any atom is -0.495 e. The molecule has 4 nitrogen and oxygen atoms in total. The fourth-order valence-corrected chi connectivity index (χ4v) is 3.34. The standard InChI is InChI=1S/C22H17NO3/c1-14-11-12-20(26-2)19(13-14)23-21(24)17-9-5-3-7-15(17)16-8-4-6-10-18(16)22(23)25/h3-13H,1-2H3. The summed E-state index contributed by atoms with van der Waals surface area (Å²) in [7, 11) is 1.53. The van der Waals surface area contributed by atoms with Crippen LogP contribution in [0, 0.1) is 6.92 Å². The molecule has 1 heterocycles. The van der Waals surface area contributed by atoms with Crippen LogP contribution < -0.4 is 15.9 Å². The lowest BCUT2D eigenvalue weighted by atomic mass is 10.1. The lowest BCUT2D eigenvalue weighted by Crippen LogP contribution is -2.29. The molecular formula is C22H17NO3. The monoisotopic (exact) mass is 343 g/mol. The summed E-state index contributed by atoms with van der Waals surface area (Å²) >= 11 is 0. The van der Waals surface area contributed by atoms with Crippen molar-refractivity contribution in [2.75, 3.05) is 7.11 Å². The van der Waals surface area contributed by atoms with E-state index < -0.39 is 0 Å². The Bertz CT molecular complexity index is 1200. The maximum atomic E-state index is 13.3. The van der Waals surface area contributed by atoms with Crippen LogP contribution in [-0.2, 0) is 0 Å². The van der Waals surface area contributed by atoms with Crippen molar-refractivity contribution >= 4 is 21.5 Å². The molecule has 0 aliphatic rings. The molecule has 0 atom stereocenters. The van der Waals surface area contributed by atoms with Gasteiger partial charge in [0.1, 0.15) is 5.75 Å². The lowest BCUT2D eigenvalue weighted by molar-refractivity contribution is 0.412. The number of methoxy groups -OCH3 is 1. The molecule has 1 aromatic heterocycles. The van der Waals surface area contributed by atoms with E-state index in [1.807, 2.05) is 37.3 Å². The first-order chi connectivity index (χ1) is 12.6. The summed E-state index contributed by atoms with van der Waals surface area (Å²) in [4.78, 5) is 26.7. The van der Waals surface area contributed by atoms with Crippen LogP contribution in [0.2, 0.25) is 0 Å². The number of rotatable bonds is 2. The van der Waals surface area contributed by atoms with Gasteiger partial charge in [-0.15, -0.1) is 0 Å². The number of nitrogens with zero attached hydrogens (tertiary/aromatic N) is 1. The highest BCUT2D eigenvalue weighted by molar-refractivity contribution is 6.05. The Morgan fingerprint density at radius 3 is 1.73 bits per heavy atom. The summed E-state index contributed by atoms with van der Waals surface area (Å²) in [6, 6.07) is 20.1. The third-order valence-electron chi connectivity index (χ3n) is 4.59. The Kier molecular flexibility index (Phi) is 3.81. The average Bonchev–Trinajstić information content (AvgIpc) is 2.76. The van der Waals surface area contributed by atoms with Gasteiger partial charge in [0.2, 0.25) is 0 Å². The topological polar surface area (TPSA) is 48.3 Å². The largest absolute Gasteiger partial charge is 0.495 e. The molecular weight excluding hydrogens is 326 g/mol. The first-order valence-electron chi connectivity index (χ1n) is 8.33. The van der Waals surface area contributed by atoms with E-state index >= 15 is 0 Å². The lowest BCUT2D eigenvalue weighted by Gasteiger charge is -2.10. The zero-order valence-electron chi connectivity index (χ0n) is 14.5. The van der Waals surface area contributed by atoms with E-state index in [1.165, 1.54) is 11.7 Å². The van der Waals surface area contributed by atoms with Gasteiger partial charge in [-0.25, -0.2) is 4.57 Å². The molecule has 0 radical (unpaired) electrons. The molecule has 3 aromatic carbocycles. The van der Waals surface area contributed by atoms with Gasteiger partial charge in [0.15, 0.2) is 0 Å². The van der Waals surface area contributed by atoms with Crippen LogP contribution >= 0.6 is 0 Å². The molecule has 4 heteroatoms. The molecule has 0 amide bonds. The van der Waals surface area contributed by atoms with Crippen LogP contribution in [0.5, 0.6) is 5.75 Å². The van der Waals surface area contributed by atoms with Crippen molar-refractivity contribution in [3.8, 4) is 11.4 Å². The first kappa shape index (κ1) is 16.1. The van der Waals surface area contributed by atoms with Crippen molar-refractivity contribution in [2.24, 2.45) is 0 Å². The molecule has 0 N–H and O–H groups in total. The van der Waals surface area contributed by atoms with Crippen molar-refractivity contribution in [3.05, 3.63) is 93.0 Å². The zero-order chi connectivity index (χ0) is 18.3. The third kappa shape index (κ3) is 2.39. The van der Waals surface area contributed by atoms with Gasteiger partial charge in [-0.1, -0.05) is 42.5 Å². The summed E-state index contributed by atoms with van der Waals surface area (Å²) in [5.41, 5.74) is 0.678. The molecule has 0 fully saturated rings. The predicted molar refractivity (Wildman–Crippen MR) is 105 cm³/mol. The van der Waals surface area contributed by atoms with Crippen molar-refractivity contribution in [1.29, 1.82) is 0 Å². The average molecular weight is 343 g/mol. The highest BCUT2D eigenvalue weighted by Crippen LogP contribution is 2.24. The van der Waals surface area contributed by atoms with E-state index in [1.54, 1.807) is 36.4 Å². The van der Waals surface area contributed by atoms with E-state index in [-0.39, 0.29) is 11.1 Å². The van der Waals surface area contributed by atoms with Gasteiger partial charge >= 0.3 is 0 Å². The van der Waals surface area contributed by atoms with Gasteiger partial charge in [-0.05, 0) is 47.5 Å². The fraction of sp³-hybridized carbons (Fsp3) is 0.0909. The molecule has 4 rings (SSSR count). The molecule has 0 bridgehead atoms. The van der Waals surface area contributed by atoms with Crippen LogP contribution in [0.1, 0.15) is 5.56 Å². The number of hydrogen-bond donors (Lipinski definition) is 0. The van der Waals surface area contributed by atoms with Crippen LogP contribution in [0.4, 0.5) is 0 Å². The second kappa shape index (κ2) is 6.15. The number of ether oxygens (including phenoxy) is 1. The number of aromatic nitrogens is 1. The Hall–Kier alpha value is -3.40. The molecule has 26 heavy (non-hydrogen) atoms. The molecule has 4 aromatic rings. The van der Waals surface area contributed by atoms with Gasteiger partial charge in [-0.3, -0.25) is 9.59 Å². The highest BCUT2D eigenvalue weighted by Gasteiger charge is 2.15. The smallest absolute Gasteiger partial charge is 0.266 e. The minimum atomic E-state index is -0.356. The van der Waals surface area contributed by atoms with Gasteiger partial charge in [-0.2, -0.15) is 0 Å². The highest BCUT2D eigenvalue weighted by atomic mass is 16.5. The number of hydrogen-bond acceptors (Lipinski definition) is 3. The Balaban J connectivity index is 2.34. The van der Waals surface area contributed by atoms with E-state index in [0.29, 0.717) is 22.2 Å². The fourth-order valence-electron chi connectivity index (χ4n) is 3.34. The van der Waals surface area contributed by atoms with Crippen LogP contribution in [-0.4, -0.2) is 11.7 Å². The maximum absolute atomic E-state index is 13.3. The van der Waals surface area contributed by atoms with Gasteiger partial charge in [0, 0.05) is 10.8 Å². The summed E-state index contributed by atoms with van der Waals surface area (Å²) in [6.45, 7) is 1.91. The molecule has 0 unspecified atom stereocenters. The van der Waals surface area contributed by atoms with Gasteiger partial charge in [0.05, 0.1) is 12.8 Å². The molecule has 128 valence electrons. The Morgan fingerprint density at radius 2 is 1.23 bits per heavy atom. The van der Waals surface area contributed by atoms with Gasteiger partial charge < -0.3 is 4.74 Å². The number of aryl methyl sites for hydroxylation is 1. The van der Waals surface area contributed by atoms with Gasteiger partial charge in [0.25, 0.3) is 11.1 Å². The van der Waals surface area contributed by atoms with E-state index in [0.717, 1.165) is 16.3 Å². The first-order valence-corrected chi connectivity index (χ1v) is 8.33. The van der Waals surface area contributed by atoms with Crippen molar-refractivity contribution in [1.82, 2.24) is 4.57 Å². The number of benzene rings is 3. The van der Waals surface area contributed by atoms with Crippen molar-refractivity contribution in [2.45, 2.75) is 6.92 Å². The molecule has 0 aliphatic heterocycles. The number of fused-ring (bicyclic) bond motifs is 3. The zero-order valence-corrected chi connectivity index (χ0v) is 14.5. The Labute approximate surface area is 149 Å². The van der Waals surface area contributed by atoms with E-state index in [4.69, 9.17) is 4.74 Å². The van der Waals surface area contributed by atoms with Crippen molar-refractivity contribution in [3.63, 3.8) is 0 Å². The van der Waals surface area contributed by atoms with Crippen LogP contribution in [0.15, 0.2) is 76.3 Å². The second-order valence-corrected chi connectivity index (χ2v) is 6.21. The Morgan fingerprint density at radius 1 is 0.731 bits per heavy atom. The molecule has 0 saturated carbocycles. The molecule has 0 spiro atoms. The normalized spacial score (nSPS) is 11.0. The molecule has 0 aliphatic carbocycles.